The normalized spacial score (nSPS) is 16.6. The fourth-order valence-corrected chi connectivity index (χ4v) is 3.88. The average Bonchev–Trinajstić information content (AvgIpc) is 3.02. The number of carbonyl (C=O) groups excluding carboxylic acids is 1. The largest absolute Gasteiger partial charge is 0.489 e. The summed E-state index contributed by atoms with van der Waals surface area (Å²) in [6.07, 6.45) is 1.85. The molecule has 0 aliphatic carbocycles. The molecule has 0 spiro atoms. The molecule has 0 N–H and O–H groups in total. The average molecular weight is 411 g/mol. The molecule has 150 valence electrons. The zero-order valence-corrected chi connectivity index (χ0v) is 17.0. The van der Waals surface area contributed by atoms with Crippen LogP contribution in [0.2, 0.25) is 0 Å². The number of carbonyl (C=O) groups is 1. The molecule has 1 heterocycles. The summed E-state index contributed by atoms with van der Waals surface area (Å²) < 4.78 is 5.71. The Labute approximate surface area is 173 Å². The number of aliphatic imine (C=N–C) groups is 1. The fraction of sp³-hybridized carbons (Fsp3) is 0.238. The van der Waals surface area contributed by atoms with Gasteiger partial charge in [0.1, 0.15) is 12.4 Å². The van der Waals surface area contributed by atoms with Gasteiger partial charge in [0.25, 0.3) is 11.6 Å². The first kappa shape index (κ1) is 20.6. The molecule has 0 radical (unpaired) electrons. The summed E-state index contributed by atoms with van der Waals surface area (Å²) in [7, 11) is 0. The predicted octanol–water partition coefficient (Wildman–Crippen LogP) is 4.49. The zero-order chi connectivity index (χ0) is 20.8. The molecule has 0 aromatic heterocycles. The molecular formula is C21H21N3O4S. The Hall–Kier alpha value is -3.13. The van der Waals surface area contributed by atoms with Crippen LogP contribution >= 0.6 is 11.8 Å². The monoisotopic (exact) mass is 411 g/mol. The van der Waals surface area contributed by atoms with Gasteiger partial charge in [-0.15, -0.1) is 0 Å². The first-order valence-corrected chi connectivity index (χ1v) is 10.1. The number of likely N-dealkylation sites (N-methyl/N-ethyl adjacent to an activating group) is 1. The molecule has 3 rings (SSSR count). The summed E-state index contributed by atoms with van der Waals surface area (Å²) in [6.45, 7) is 5.33. The molecule has 1 aliphatic rings. The van der Waals surface area contributed by atoms with E-state index in [0.29, 0.717) is 23.7 Å². The Morgan fingerprint density at radius 1 is 1.21 bits per heavy atom. The number of ether oxygens (including phenoxy) is 1. The summed E-state index contributed by atoms with van der Waals surface area (Å²) in [6, 6.07) is 13.7. The van der Waals surface area contributed by atoms with Crippen molar-refractivity contribution in [2.24, 2.45) is 4.99 Å². The molecule has 7 nitrogen and oxygen atoms in total. The second-order valence-electron chi connectivity index (χ2n) is 6.20. The van der Waals surface area contributed by atoms with Crippen LogP contribution in [-0.4, -0.2) is 34.0 Å². The van der Waals surface area contributed by atoms with Gasteiger partial charge in [0.15, 0.2) is 5.17 Å². The van der Waals surface area contributed by atoms with Crippen molar-refractivity contribution in [2.75, 3.05) is 13.1 Å². The summed E-state index contributed by atoms with van der Waals surface area (Å²) in [5.41, 5.74) is 1.65. The van der Waals surface area contributed by atoms with E-state index in [1.807, 2.05) is 44.2 Å². The van der Waals surface area contributed by atoms with E-state index in [4.69, 9.17) is 4.74 Å². The number of amides is 1. The lowest BCUT2D eigenvalue weighted by atomic mass is 10.2. The number of hydrogen-bond donors (Lipinski definition) is 0. The van der Waals surface area contributed by atoms with Gasteiger partial charge in [-0.2, -0.15) is 0 Å². The number of nitro benzene ring substituents is 1. The van der Waals surface area contributed by atoms with Crippen LogP contribution in [0.1, 0.15) is 25.0 Å². The van der Waals surface area contributed by atoms with Gasteiger partial charge in [-0.05, 0) is 54.9 Å². The van der Waals surface area contributed by atoms with Gasteiger partial charge >= 0.3 is 0 Å². The van der Waals surface area contributed by atoms with Crippen molar-refractivity contribution in [1.82, 2.24) is 4.90 Å². The minimum absolute atomic E-state index is 0.0318. The highest BCUT2D eigenvalue weighted by atomic mass is 32.2. The lowest BCUT2D eigenvalue weighted by Crippen LogP contribution is -2.28. The summed E-state index contributed by atoms with van der Waals surface area (Å²) in [5, 5.41) is 11.6. The third-order valence-corrected chi connectivity index (χ3v) is 5.25. The van der Waals surface area contributed by atoms with Crippen molar-refractivity contribution < 1.29 is 14.5 Å². The molecule has 1 aliphatic heterocycles. The van der Waals surface area contributed by atoms with E-state index in [-0.39, 0.29) is 18.2 Å². The van der Waals surface area contributed by atoms with E-state index in [1.165, 1.54) is 23.9 Å². The van der Waals surface area contributed by atoms with Crippen LogP contribution < -0.4 is 4.74 Å². The molecule has 2 aromatic rings. The van der Waals surface area contributed by atoms with Crippen LogP contribution in [0, 0.1) is 10.1 Å². The lowest BCUT2D eigenvalue weighted by Gasteiger charge is -2.11. The maximum absolute atomic E-state index is 12.5. The summed E-state index contributed by atoms with van der Waals surface area (Å²) in [5.74, 6) is 0.614. The summed E-state index contributed by atoms with van der Waals surface area (Å²) >= 11 is 1.39. The number of amidine groups is 1. The molecule has 1 saturated heterocycles. The molecular weight excluding hydrogens is 390 g/mol. The number of benzene rings is 2. The number of nitro groups is 1. The van der Waals surface area contributed by atoms with Crippen LogP contribution in [0.15, 0.2) is 58.4 Å². The topological polar surface area (TPSA) is 85.0 Å². The van der Waals surface area contributed by atoms with Crippen molar-refractivity contribution in [3.8, 4) is 5.75 Å². The van der Waals surface area contributed by atoms with Gasteiger partial charge in [-0.1, -0.05) is 24.3 Å². The molecule has 0 atom stereocenters. The van der Waals surface area contributed by atoms with Gasteiger partial charge in [0.2, 0.25) is 0 Å². The highest BCUT2D eigenvalue weighted by molar-refractivity contribution is 8.18. The fourth-order valence-electron chi connectivity index (χ4n) is 2.78. The summed E-state index contributed by atoms with van der Waals surface area (Å²) in [4.78, 5) is 29.6. The second kappa shape index (κ2) is 9.38. The van der Waals surface area contributed by atoms with Gasteiger partial charge in [0.05, 0.1) is 9.83 Å². The first-order chi connectivity index (χ1) is 14.0. The predicted molar refractivity (Wildman–Crippen MR) is 115 cm³/mol. The van der Waals surface area contributed by atoms with Crippen LogP contribution in [0.5, 0.6) is 5.75 Å². The minimum atomic E-state index is -0.426. The maximum Gasteiger partial charge on any atom is 0.269 e. The second-order valence-corrected chi connectivity index (χ2v) is 7.21. The van der Waals surface area contributed by atoms with E-state index in [9.17, 15) is 14.9 Å². The van der Waals surface area contributed by atoms with Crippen molar-refractivity contribution in [2.45, 2.75) is 20.5 Å². The highest BCUT2D eigenvalue weighted by Gasteiger charge is 2.31. The van der Waals surface area contributed by atoms with Gasteiger partial charge in [-0.25, -0.2) is 0 Å². The van der Waals surface area contributed by atoms with E-state index in [2.05, 4.69) is 4.99 Å². The van der Waals surface area contributed by atoms with Gasteiger partial charge in [0, 0.05) is 25.2 Å². The van der Waals surface area contributed by atoms with E-state index in [0.717, 1.165) is 16.3 Å². The quantitative estimate of drug-likeness (QED) is 0.381. The number of non-ortho nitro benzene ring substituents is 1. The molecule has 0 unspecified atom stereocenters. The van der Waals surface area contributed by atoms with Crippen LogP contribution in [0.25, 0.3) is 6.08 Å². The van der Waals surface area contributed by atoms with Crippen LogP contribution in [-0.2, 0) is 11.4 Å². The molecule has 1 fully saturated rings. The van der Waals surface area contributed by atoms with Crippen LogP contribution in [0.4, 0.5) is 5.69 Å². The molecule has 2 aromatic carbocycles. The van der Waals surface area contributed by atoms with Crippen molar-refractivity contribution >= 4 is 34.6 Å². The SMILES string of the molecule is CCN=C1S/C(=C/c2ccc(OCc3cccc([N+](=O)[O-])c3)cc2)C(=O)N1CC. The van der Waals surface area contributed by atoms with Crippen molar-refractivity contribution in [3.63, 3.8) is 0 Å². The minimum Gasteiger partial charge on any atom is -0.489 e. The Morgan fingerprint density at radius 2 is 1.97 bits per heavy atom. The smallest absolute Gasteiger partial charge is 0.269 e. The van der Waals surface area contributed by atoms with E-state index >= 15 is 0 Å². The number of rotatable bonds is 7. The standard InChI is InChI=1S/C21H21N3O4S/c1-3-22-21-23(4-2)20(25)19(29-21)13-15-8-10-18(11-9-15)28-14-16-6-5-7-17(12-16)24(26)27/h5-13H,3-4,14H2,1-2H3/b19-13+,22-21?. The van der Waals surface area contributed by atoms with E-state index in [1.54, 1.807) is 17.0 Å². The first-order valence-electron chi connectivity index (χ1n) is 9.24. The zero-order valence-electron chi connectivity index (χ0n) is 16.2. The van der Waals surface area contributed by atoms with Crippen LogP contribution in [0.3, 0.4) is 0 Å². The number of hydrogen-bond acceptors (Lipinski definition) is 6. The van der Waals surface area contributed by atoms with E-state index < -0.39 is 4.92 Å². The Morgan fingerprint density at radius 3 is 2.62 bits per heavy atom. The molecule has 29 heavy (non-hydrogen) atoms. The molecule has 0 bridgehead atoms. The Balaban J connectivity index is 1.67. The number of nitrogens with zero attached hydrogens (tertiary/aromatic N) is 3. The lowest BCUT2D eigenvalue weighted by molar-refractivity contribution is -0.384. The number of thioether (sulfide) groups is 1. The van der Waals surface area contributed by atoms with Gasteiger partial charge in [-0.3, -0.25) is 24.8 Å². The maximum atomic E-state index is 12.5. The molecule has 1 amide bonds. The molecule has 0 saturated carbocycles. The molecule has 8 heteroatoms. The Kier molecular flexibility index (Phi) is 6.66. The van der Waals surface area contributed by atoms with Crippen molar-refractivity contribution in [1.29, 1.82) is 0 Å². The third kappa shape index (κ3) is 5.03. The third-order valence-electron chi connectivity index (χ3n) is 4.20. The van der Waals surface area contributed by atoms with Crippen molar-refractivity contribution in [3.05, 3.63) is 74.7 Å². The highest BCUT2D eigenvalue weighted by Crippen LogP contribution is 2.32. The van der Waals surface area contributed by atoms with Gasteiger partial charge < -0.3 is 4.74 Å². The Bertz CT molecular complexity index is 970.